The lowest BCUT2D eigenvalue weighted by molar-refractivity contribution is 0.571. The molecule has 0 radical (unpaired) electrons. The van der Waals surface area contributed by atoms with Crippen LogP contribution in [0.3, 0.4) is 0 Å². The van der Waals surface area contributed by atoms with Crippen LogP contribution in [-0.4, -0.2) is 4.98 Å². The molecular formula is C16H18N2O. The van der Waals surface area contributed by atoms with Crippen molar-refractivity contribution in [3.63, 3.8) is 0 Å². The first-order chi connectivity index (χ1) is 9.28. The fourth-order valence-electron chi connectivity index (χ4n) is 2.91. The van der Waals surface area contributed by atoms with E-state index in [0.717, 1.165) is 25.0 Å². The van der Waals surface area contributed by atoms with Crippen molar-refractivity contribution in [3.05, 3.63) is 69.1 Å². The molecule has 0 bridgehead atoms. The van der Waals surface area contributed by atoms with Gasteiger partial charge in [-0.3, -0.25) is 4.79 Å². The van der Waals surface area contributed by atoms with Gasteiger partial charge < -0.3 is 10.7 Å². The number of hydrogen-bond acceptors (Lipinski definition) is 2. The van der Waals surface area contributed by atoms with Gasteiger partial charge in [0.15, 0.2) is 0 Å². The fraction of sp³-hybridized carbons (Fsp3) is 0.312. The van der Waals surface area contributed by atoms with E-state index in [1.807, 2.05) is 12.1 Å². The normalized spacial score (nSPS) is 18.1. The number of nitrogens with two attached hydrogens (primary N) is 1. The molecule has 0 saturated heterocycles. The summed E-state index contributed by atoms with van der Waals surface area (Å²) in [6.07, 6.45) is 3.02. The lowest BCUT2D eigenvalue weighted by Gasteiger charge is -2.25. The van der Waals surface area contributed by atoms with Gasteiger partial charge in [0.25, 0.3) is 5.56 Å². The highest BCUT2D eigenvalue weighted by atomic mass is 16.1. The van der Waals surface area contributed by atoms with Gasteiger partial charge in [0.2, 0.25) is 0 Å². The number of hydrogen-bond donors (Lipinski definition) is 2. The van der Waals surface area contributed by atoms with Crippen LogP contribution in [-0.2, 0) is 19.4 Å². The molecule has 1 unspecified atom stereocenters. The molecule has 3 heteroatoms. The zero-order chi connectivity index (χ0) is 13.2. The summed E-state index contributed by atoms with van der Waals surface area (Å²) in [5.41, 5.74) is 9.99. The Hall–Kier alpha value is -1.87. The second-order valence-corrected chi connectivity index (χ2v) is 5.18. The highest BCUT2D eigenvalue weighted by molar-refractivity contribution is 5.32. The second kappa shape index (κ2) is 5.02. The minimum atomic E-state index is -0.0283. The van der Waals surface area contributed by atoms with Gasteiger partial charge >= 0.3 is 0 Å². The molecule has 0 aliphatic heterocycles. The summed E-state index contributed by atoms with van der Waals surface area (Å²) in [5.74, 6) is 0.547. The van der Waals surface area contributed by atoms with Crippen LogP contribution in [0.25, 0.3) is 0 Å². The minimum Gasteiger partial charge on any atom is -0.326 e. The highest BCUT2D eigenvalue weighted by Crippen LogP contribution is 2.31. The highest BCUT2D eigenvalue weighted by Gasteiger charge is 2.21. The van der Waals surface area contributed by atoms with Crippen LogP contribution in [0.1, 0.15) is 34.7 Å². The standard InChI is InChI=1S/C16H18N2O/c17-10-14-9-13-8-12(11-4-2-1-3-5-11)6-7-15(13)18-16(14)19/h1-5,9,12H,6-8,10,17H2,(H,18,19). The van der Waals surface area contributed by atoms with Crippen molar-refractivity contribution in [3.8, 4) is 0 Å². The Kier molecular flexibility index (Phi) is 3.22. The largest absolute Gasteiger partial charge is 0.326 e. The summed E-state index contributed by atoms with van der Waals surface area (Å²) in [6.45, 7) is 0.304. The van der Waals surface area contributed by atoms with E-state index in [9.17, 15) is 4.79 Å². The van der Waals surface area contributed by atoms with Crippen LogP contribution in [0.4, 0.5) is 0 Å². The number of benzene rings is 1. The van der Waals surface area contributed by atoms with Gasteiger partial charge in [-0.25, -0.2) is 0 Å². The monoisotopic (exact) mass is 254 g/mol. The van der Waals surface area contributed by atoms with Crippen molar-refractivity contribution in [1.82, 2.24) is 4.98 Å². The summed E-state index contributed by atoms with van der Waals surface area (Å²) in [6, 6.07) is 12.6. The first-order valence-electron chi connectivity index (χ1n) is 6.77. The van der Waals surface area contributed by atoms with Crippen LogP contribution in [0, 0.1) is 0 Å². The molecule has 1 aliphatic carbocycles. The Labute approximate surface area is 112 Å². The average molecular weight is 254 g/mol. The lowest BCUT2D eigenvalue weighted by Crippen LogP contribution is -2.23. The maximum Gasteiger partial charge on any atom is 0.252 e. The van der Waals surface area contributed by atoms with Crippen molar-refractivity contribution >= 4 is 0 Å². The van der Waals surface area contributed by atoms with Gasteiger partial charge in [-0.2, -0.15) is 0 Å². The Balaban J connectivity index is 1.93. The number of rotatable bonds is 2. The molecule has 1 aromatic carbocycles. The summed E-state index contributed by atoms with van der Waals surface area (Å²) >= 11 is 0. The first kappa shape index (κ1) is 12.2. The van der Waals surface area contributed by atoms with Crippen LogP contribution < -0.4 is 11.3 Å². The topological polar surface area (TPSA) is 58.9 Å². The molecule has 0 spiro atoms. The molecule has 19 heavy (non-hydrogen) atoms. The van der Waals surface area contributed by atoms with Crippen LogP contribution in [0.15, 0.2) is 41.2 Å². The van der Waals surface area contributed by atoms with E-state index in [1.54, 1.807) is 0 Å². The number of pyridine rings is 1. The summed E-state index contributed by atoms with van der Waals surface area (Å²) in [7, 11) is 0. The molecule has 3 N–H and O–H groups in total. The van der Waals surface area contributed by atoms with Crippen molar-refractivity contribution in [2.45, 2.75) is 31.7 Å². The zero-order valence-electron chi connectivity index (χ0n) is 10.9. The Bertz CT molecular complexity index is 631. The minimum absolute atomic E-state index is 0.0283. The Morgan fingerprint density at radius 2 is 2.05 bits per heavy atom. The molecule has 3 nitrogen and oxygen atoms in total. The molecule has 0 fully saturated rings. The number of fused-ring (bicyclic) bond motifs is 1. The van der Waals surface area contributed by atoms with Crippen LogP contribution in [0.2, 0.25) is 0 Å². The molecule has 1 atom stereocenters. The number of aryl methyl sites for hydroxylation is 1. The van der Waals surface area contributed by atoms with Crippen LogP contribution >= 0.6 is 0 Å². The second-order valence-electron chi connectivity index (χ2n) is 5.18. The van der Waals surface area contributed by atoms with E-state index in [4.69, 9.17) is 5.73 Å². The van der Waals surface area contributed by atoms with Gasteiger partial charge in [0.1, 0.15) is 0 Å². The zero-order valence-corrected chi connectivity index (χ0v) is 10.9. The SMILES string of the molecule is NCc1cc2c([nH]c1=O)CCC(c1ccccc1)C2. The third-order valence-corrected chi connectivity index (χ3v) is 3.99. The Morgan fingerprint density at radius 1 is 1.26 bits per heavy atom. The maximum absolute atomic E-state index is 11.7. The summed E-state index contributed by atoms with van der Waals surface area (Å²) in [5, 5.41) is 0. The third-order valence-electron chi connectivity index (χ3n) is 3.99. The number of H-pyrrole nitrogens is 1. The first-order valence-corrected chi connectivity index (χ1v) is 6.77. The van der Waals surface area contributed by atoms with Gasteiger partial charge in [-0.05, 0) is 42.4 Å². The molecule has 0 amide bonds. The molecule has 1 aromatic heterocycles. The van der Waals surface area contributed by atoms with E-state index >= 15 is 0 Å². The quantitative estimate of drug-likeness (QED) is 0.862. The molecule has 1 heterocycles. The molecule has 2 aromatic rings. The van der Waals surface area contributed by atoms with E-state index in [1.165, 1.54) is 11.1 Å². The molecule has 98 valence electrons. The summed E-state index contributed by atoms with van der Waals surface area (Å²) < 4.78 is 0. The van der Waals surface area contributed by atoms with E-state index in [-0.39, 0.29) is 5.56 Å². The van der Waals surface area contributed by atoms with E-state index < -0.39 is 0 Å². The fourth-order valence-corrected chi connectivity index (χ4v) is 2.91. The molecule has 0 saturated carbocycles. The molecule has 1 aliphatic rings. The molecular weight excluding hydrogens is 236 g/mol. The van der Waals surface area contributed by atoms with Gasteiger partial charge in [0, 0.05) is 17.8 Å². The van der Waals surface area contributed by atoms with Crippen molar-refractivity contribution in [2.75, 3.05) is 0 Å². The van der Waals surface area contributed by atoms with Crippen molar-refractivity contribution in [2.24, 2.45) is 5.73 Å². The van der Waals surface area contributed by atoms with Gasteiger partial charge in [0.05, 0.1) is 0 Å². The van der Waals surface area contributed by atoms with Gasteiger partial charge in [-0.1, -0.05) is 30.3 Å². The number of aromatic amines is 1. The molecule has 3 rings (SSSR count). The maximum atomic E-state index is 11.7. The van der Waals surface area contributed by atoms with E-state index in [2.05, 4.69) is 29.2 Å². The predicted molar refractivity (Wildman–Crippen MR) is 76.2 cm³/mol. The van der Waals surface area contributed by atoms with Crippen molar-refractivity contribution in [1.29, 1.82) is 0 Å². The third kappa shape index (κ3) is 2.34. The summed E-state index contributed by atoms with van der Waals surface area (Å²) in [4.78, 5) is 14.7. The average Bonchev–Trinajstić information content (AvgIpc) is 2.47. The van der Waals surface area contributed by atoms with Crippen LogP contribution in [0.5, 0.6) is 0 Å². The smallest absolute Gasteiger partial charge is 0.252 e. The number of nitrogens with one attached hydrogen (secondary N) is 1. The van der Waals surface area contributed by atoms with E-state index in [0.29, 0.717) is 18.0 Å². The van der Waals surface area contributed by atoms with Crippen molar-refractivity contribution < 1.29 is 0 Å². The lowest BCUT2D eigenvalue weighted by atomic mass is 9.82. The number of aromatic nitrogens is 1. The van der Waals surface area contributed by atoms with Gasteiger partial charge in [-0.15, -0.1) is 0 Å². The Morgan fingerprint density at radius 3 is 2.79 bits per heavy atom. The predicted octanol–water partition coefficient (Wildman–Crippen LogP) is 2.11.